The van der Waals surface area contributed by atoms with Gasteiger partial charge in [0.25, 0.3) is 0 Å². The second-order valence-corrected chi connectivity index (χ2v) is 25.3. The molecule has 8 unspecified atom stereocenters. The third kappa shape index (κ3) is 62.3. The first-order valence-corrected chi connectivity index (χ1v) is 36.5. The van der Waals surface area contributed by atoms with Gasteiger partial charge in [-0.3, -0.25) is 57.5 Å². The molecule has 4 bridgehead atoms. The molecule has 0 amide bonds. The summed E-state index contributed by atoms with van der Waals surface area (Å²) in [6, 6.07) is 46.9. The van der Waals surface area contributed by atoms with E-state index in [1.54, 1.807) is 80.5 Å². The fraction of sp³-hybridized carbons (Fsp3) is 0.351. The summed E-state index contributed by atoms with van der Waals surface area (Å²) in [5.41, 5.74) is 4.88. The number of carbonyl (C=O) groups excluding carboxylic acids is 12. The van der Waals surface area contributed by atoms with Crippen LogP contribution in [0.1, 0.15) is 219 Å². The number of ketones is 12. The average Bonchev–Trinajstić information content (AvgIpc) is 1.63. The molecule has 0 radical (unpaired) electrons. The molecule has 598 valence electrons. The molecule has 10 rings (SSSR count). The fourth-order valence-corrected chi connectivity index (χ4v) is 9.81. The topological polar surface area (TPSA) is 242 Å². The number of aliphatic carboxylic acids is 1. The van der Waals surface area contributed by atoms with Crippen molar-refractivity contribution >= 4 is 81.4 Å². The zero-order valence-corrected chi connectivity index (χ0v) is 68.5. The van der Waals surface area contributed by atoms with Gasteiger partial charge in [0, 0.05) is 53.4 Å². The van der Waals surface area contributed by atoms with Gasteiger partial charge >= 0.3 is 5.97 Å². The summed E-state index contributed by atoms with van der Waals surface area (Å²) >= 11 is 0. The van der Waals surface area contributed by atoms with E-state index in [9.17, 15) is 62.3 Å². The number of fused-ring (bicyclic) bond motifs is 4. The predicted molar refractivity (Wildman–Crippen MR) is 459 cm³/mol. The van der Waals surface area contributed by atoms with E-state index in [4.69, 9.17) is 5.11 Å². The zero-order valence-electron chi connectivity index (χ0n) is 68.5. The van der Waals surface area contributed by atoms with Gasteiger partial charge in [-0.05, 0) is 207 Å². The third-order valence-electron chi connectivity index (χ3n) is 15.2. The zero-order chi connectivity index (χ0) is 85.1. The van der Waals surface area contributed by atoms with Crippen molar-refractivity contribution in [2.24, 2.45) is 47.3 Å². The number of terminal acetylenes is 1. The summed E-state index contributed by atoms with van der Waals surface area (Å²) in [6.07, 6.45) is 32.1. The summed E-state index contributed by atoms with van der Waals surface area (Å²) in [4.78, 5) is 136. The normalized spacial score (nSPS) is 16.4. The maximum absolute atomic E-state index is 11.3. The summed E-state index contributed by atoms with van der Waals surface area (Å²) in [7, 11) is 0. The van der Waals surface area contributed by atoms with Crippen LogP contribution in [0.15, 0.2) is 244 Å². The van der Waals surface area contributed by atoms with Crippen LogP contribution in [0.3, 0.4) is 0 Å². The minimum absolute atomic E-state index is 0. The Bertz CT molecular complexity index is 3690. The highest BCUT2D eigenvalue weighted by molar-refractivity contribution is 5.96. The Morgan fingerprint density at radius 2 is 0.883 bits per heavy atom. The van der Waals surface area contributed by atoms with Crippen LogP contribution in [0.4, 0.5) is 0 Å². The quantitative estimate of drug-likeness (QED) is 0.0499. The van der Waals surface area contributed by atoms with Crippen molar-refractivity contribution in [1.29, 1.82) is 0 Å². The van der Waals surface area contributed by atoms with Gasteiger partial charge in [0.1, 0.15) is 28.9 Å². The minimum Gasteiger partial charge on any atom is -0.481 e. The smallest absolute Gasteiger partial charge is 0.307 e. The van der Waals surface area contributed by atoms with Gasteiger partial charge in [-0.2, -0.15) is 0 Å². The van der Waals surface area contributed by atoms with E-state index < -0.39 is 11.9 Å². The molecule has 0 spiro atoms. The second-order valence-electron chi connectivity index (χ2n) is 25.3. The number of hydrogen-bond acceptors (Lipinski definition) is 13. The maximum atomic E-state index is 11.3. The number of carboxylic acids is 1. The monoisotopic (exact) mass is 1510 g/mol. The Morgan fingerprint density at radius 3 is 1.10 bits per heavy atom. The number of rotatable bonds is 13. The summed E-state index contributed by atoms with van der Waals surface area (Å²) < 4.78 is 0. The van der Waals surface area contributed by atoms with Crippen molar-refractivity contribution in [3.63, 3.8) is 0 Å². The van der Waals surface area contributed by atoms with Crippen LogP contribution in [0, 0.1) is 71.5 Å². The SMILES string of the molecule is C.C#CC.C=C(C)C(C)=O.C=CC.C=CC(C)=O.C=CCC(C)=O.CC.CC(=O)/C=C/c1ccccc1.CC(=O)C#Cc1ccccc1.CC(=O)C1C2C=CC(C2)C1C(=O)O.CC(=O)C1CC2C=CC1C2.CC(=O)C1CC=CCC1.CC(=O)c1ccccc1.CC(=O)c1ccccc1.CC(=O)c1ccccc1.CC(C)=O. The van der Waals surface area contributed by atoms with E-state index in [0.717, 1.165) is 65.8 Å². The molecule has 2 fully saturated rings. The molecule has 0 heterocycles. The highest BCUT2D eigenvalue weighted by atomic mass is 16.4. The highest BCUT2D eigenvalue weighted by Gasteiger charge is 2.50. The first-order valence-electron chi connectivity index (χ1n) is 36.5. The van der Waals surface area contributed by atoms with E-state index >= 15 is 0 Å². The molecule has 1 N–H and O–H groups in total. The summed E-state index contributed by atoms with van der Waals surface area (Å²) in [5.74, 6) is 9.73. The molecule has 0 aliphatic heterocycles. The third-order valence-corrected chi connectivity index (χ3v) is 15.2. The minimum atomic E-state index is -0.822. The van der Waals surface area contributed by atoms with Crippen LogP contribution >= 0.6 is 0 Å². The molecule has 14 heteroatoms. The molecule has 8 atom stereocenters. The standard InChI is InChI=1S/C10H12O3.C10H10O.C10H8O.C9H12O.C8H12O.3C8H8O.2C5H8O.C4H6O.C3H6O.C3H6.C3H4.C2H6.CH4/c1-5(11)8-6-2-3-7(4-6)9(8)10(12)13;2*1-9(11)7-8-10-5-3-2-4-6-10;1-6(10)9-5-7-2-3-8(9)4-7;4*1-7(9)8-5-3-2-4-6-8;1-4(2)5(3)6;1-3-4-5(2)6;1-3-4(2)5;1-3(2)4;2*1-3-2;1-2;/h2-3,6-9H,4H2,1H3,(H,12,13);2-8H,1H3;2-6H,1H3;2-3,7-9H,4-5H2,1H3;2-3,8H,4-6H2,1H3;3*2-6H,1H3;1H2,2-3H3;3H,1,4H2,2H3;3H,1H2,2H3;1-2H3;3H,1H2,2H3;1H,2H3;1-2H3;1H4/b;8-7+;;;;;;;;;;;;;;. The molecular weight excluding hydrogens is 1390 g/mol. The van der Waals surface area contributed by atoms with Crippen LogP contribution in [-0.4, -0.2) is 80.5 Å². The number of allylic oxidation sites excluding steroid dienone is 11. The molecule has 111 heavy (non-hydrogen) atoms. The largest absolute Gasteiger partial charge is 0.481 e. The van der Waals surface area contributed by atoms with E-state index in [2.05, 4.69) is 74.8 Å². The Labute approximate surface area is 666 Å². The number of benzene rings is 5. The van der Waals surface area contributed by atoms with Crippen molar-refractivity contribution in [3.05, 3.63) is 272 Å². The van der Waals surface area contributed by atoms with Crippen molar-refractivity contribution in [2.75, 3.05) is 0 Å². The Balaban J connectivity index is -0.000000271. The number of hydrogen-bond donors (Lipinski definition) is 1. The molecule has 5 aliphatic rings. The maximum Gasteiger partial charge on any atom is 0.307 e. The molecule has 0 saturated heterocycles. The lowest BCUT2D eigenvalue weighted by Crippen LogP contribution is -2.31. The van der Waals surface area contributed by atoms with Crippen LogP contribution in [-0.2, 0) is 47.9 Å². The molecule has 5 aromatic rings. The van der Waals surface area contributed by atoms with Gasteiger partial charge in [-0.1, -0.05) is 235 Å². The lowest BCUT2D eigenvalue weighted by Gasteiger charge is -2.21. The average molecular weight is 1520 g/mol. The first-order chi connectivity index (χ1) is 51.9. The van der Waals surface area contributed by atoms with E-state index in [1.807, 2.05) is 191 Å². The first kappa shape index (κ1) is 111. The molecule has 5 aromatic carbocycles. The summed E-state index contributed by atoms with van der Waals surface area (Å²) in [6.45, 7) is 42.8. The van der Waals surface area contributed by atoms with Crippen LogP contribution < -0.4 is 0 Å². The lowest BCUT2D eigenvalue weighted by atomic mass is 9.81. The number of Topliss-reactive ketones (excluding diaryl/α,β-unsaturated/α-hetero) is 10. The molecule has 5 aliphatic carbocycles. The van der Waals surface area contributed by atoms with Gasteiger partial charge < -0.3 is 9.90 Å². The van der Waals surface area contributed by atoms with Gasteiger partial charge in [0.2, 0.25) is 5.78 Å². The van der Waals surface area contributed by atoms with Gasteiger partial charge in [0.15, 0.2) is 34.7 Å². The van der Waals surface area contributed by atoms with E-state index in [0.29, 0.717) is 41.3 Å². The molecule has 14 nitrogen and oxygen atoms in total. The number of carbonyl (C=O) groups is 13. The predicted octanol–water partition coefficient (Wildman–Crippen LogP) is 21.6. The second kappa shape index (κ2) is 70.3. The fourth-order valence-electron chi connectivity index (χ4n) is 9.81. The Morgan fingerprint density at radius 1 is 0.514 bits per heavy atom. The lowest BCUT2D eigenvalue weighted by molar-refractivity contribution is -0.147. The molecular formula is C97H126O14. The van der Waals surface area contributed by atoms with Crippen molar-refractivity contribution < 1.29 is 67.4 Å². The van der Waals surface area contributed by atoms with Crippen molar-refractivity contribution in [2.45, 2.75) is 177 Å². The van der Waals surface area contributed by atoms with Gasteiger partial charge in [0.05, 0.1) is 5.92 Å². The van der Waals surface area contributed by atoms with Crippen molar-refractivity contribution in [3.8, 4) is 24.2 Å². The van der Waals surface area contributed by atoms with E-state index in [-0.39, 0.29) is 83.0 Å². The Kier molecular flexibility index (Phi) is 70.1. The number of carboxylic acid groups (broad SMARTS) is 1. The van der Waals surface area contributed by atoms with Gasteiger partial charge in [-0.25, -0.2) is 0 Å². The highest BCUT2D eigenvalue weighted by Crippen LogP contribution is 2.48. The van der Waals surface area contributed by atoms with Crippen molar-refractivity contribution in [1.82, 2.24) is 0 Å². The van der Waals surface area contributed by atoms with Crippen LogP contribution in [0.5, 0.6) is 0 Å². The summed E-state index contributed by atoms with van der Waals surface area (Å²) in [5, 5.41) is 8.97. The Hall–Kier alpha value is -11.4. The van der Waals surface area contributed by atoms with Crippen LogP contribution in [0.2, 0.25) is 0 Å². The van der Waals surface area contributed by atoms with E-state index in [1.165, 1.54) is 54.0 Å². The van der Waals surface area contributed by atoms with Gasteiger partial charge in [-0.15, -0.1) is 25.5 Å². The van der Waals surface area contributed by atoms with Crippen LogP contribution in [0.25, 0.3) is 6.08 Å². The molecule has 2 saturated carbocycles. The molecule has 0 aromatic heterocycles.